The maximum Gasteiger partial charge on any atom is 0.219 e. The normalized spacial score (nSPS) is 20.1. The largest absolute Gasteiger partial charge is 0.342 e. The molecule has 1 aliphatic heterocycles. The molecule has 118 valence electrons. The molecular formula is C15H24BrN3OS. The van der Waals surface area contributed by atoms with Crippen molar-refractivity contribution in [2.75, 3.05) is 26.2 Å². The van der Waals surface area contributed by atoms with Crippen LogP contribution in [0, 0.1) is 0 Å². The average Bonchev–Trinajstić information content (AvgIpc) is 2.73. The third kappa shape index (κ3) is 4.28. The lowest BCUT2D eigenvalue weighted by Crippen LogP contribution is -2.42. The molecule has 0 bridgehead atoms. The number of hydrogen-bond acceptors (Lipinski definition) is 4. The fourth-order valence-electron chi connectivity index (χ4n) is 2.90. The van der Waals surface area contributed by atoms with Gasteiger partial charge in [-0.25, -0.2) is 0 Å². The second kappa shape index (κ2) is 7.72. The molecule has 1 fully saturated rings. The topological polar surface area (TPSA) is 49.6 Å². The average molecular weight is 374 g/mol. The Balaban J connectivity index is 2.15. The Morgan fingerprint density at radius 2 is 2.14 bits per heavy atom. The van der Waals surface area contributed by atoms with Gasteiger partial charge in [-0.3, -0.25) is 9.69 Å². The monoisotopic (exact) mass is 373 g/mol. The highest BCUT2D eigenvalue weighted by Crippen LogP contribution is 2.33. The molecule has 2 unspecified atom stereocenters. The lowest BCUT2D eigenvalue weighted by Gasteiger charge is -2.33. The fraction of sp³-hybridized carbons (Fsp3) is 0.667. The Morgan fingerprint density at radius 1 is 1.38 bits per heavy atom. The van der Waals surface area contributed by atoms with Gasteiger partial charge in [0.25, 0.3) is 0 Å². The SMILES string of the molecule is CCC(N)C(c1ccc(Br)s1)N1CCCN(C(C)=O)CC1. The van der Waals surface area contributed by atoms with Gasteiger partial charge in [0.1, 0.15) is 0 Å². The molecule has 6 heteroatoms. The minimum atomic E-state index is 0.124. The van der Waals surface area contributed by atoms with E-state index < -0.39 is 0 Å². The molecule has 2 atom stereocenters. The summed E-state index contributed by atoms with van der Waals surface area (Å²) in [5, 5.41) is 0. The molecule has 0 spiro atoms. The lowest BCUT2D eigenvalue weighted by molar-refractivity contribution is -0.128. The molecule has 2 rings (SSSR count). The standard InChI is InChI=1S/C15H24BrN3OS/c1-3-12(17)15(13-5-6-14(16)21-13)19-8-4-7-18(9-10-19)11(2)20/h5-6,12,15H,3-4,7-10,17H2,1-2H3. The van der Waals surface area contributed by atoms with Crippen molar-refractivity contribution in [2.45, 2.75) is 38.8 Å². The minimum Gasteiger partial charge on any atom is -0.342 e. The van der Waals surface area contributed by atoms with E-state index in [9.17, 15) is 4.79 Å². The third-order valence-electron chi connectivity index (χ3n) is 4.13. The summed E-state index contributed by atoms with van der Waals surface area (Å²) in [4.78, 5) is 17.3. The van der Waals surface area contributed by atoms with Crippen molar-refractivity contribution in [3.63, 3.8) is 0 Å². The molecule has 2 N–H and O–H groups in total. The van der Waals surface area contributed by atoms with Gasteiger partial charge in [-0.2, -0.15) is 0 Å². The van der Waals surface area contributed by atoms with Crippen LogP contribution in [0.25, 0.3) is 0 Å². The van der Waals surface area contributed by atoms with E-state index in [4.69, 9.17) is 5.73 Å². The van der Waals surface area contributed by atoms with E-state index in [1.807, 2.05) is 4.90 Å². The van der Waals surface area contributed by atoms with Gasteiger partial charge in [0.15, 0.2) is 0 Å². The van der Waals surface area contributed by atoms with Crippen molar-refractivity contribution >= 4 is 33.2 Å². The quantitative estimate of drug-likeness (QED) is 0.882. The van der Waals surface area contributed by atoms with E-state index in [1.54, 1.807) is 18.3 Å². The lowest BCUT2D eigenvalue weighted by atomic mass is 10.0. The van der Waals surface area contributed by atoms with Crippen LogP contribution >= 0.6 is 27.3 Å². The Kier molecular flexibility index (Phi) is 6.22. The molecule has 0 saturated carbocycles. The molecule has 4 nitrogen and oxygen atoms in total. The Morgan fingerprint density at radius 3 is 2.71 bits per heavy atom. The summed E-state index contributed by atoms with van der Waals surface area (Å²) in [7, 11) is 0. The first-order chi connectivity index (χ1) is 10.0. The van der Waals surface area contributed by atoms with Crippen LogP contribution < -0.4 is 5.73 Å². The number of nitrogens with zero attached hydrogens (tertiary/aromatic N) is 2. The van der Waals surface area contributed by atoms with Gasteiger partial charge in [-0.1, -0.05) is 6.92 Å². The number of nitrogens with two attached hydrogens (primary N) is 1. The zero-order valence-corrected chi connectivity index (χ0v) is 15.1. The summed E-state index contributed by atoms with van der Waals surface area (Å²) in [5.74, 6) is 0.173. The first kappa shape index (κ1) is 16.9. The second-order valence-electron chi connectivity index (χ2n) is 5.55. The van der Waals surface area contributed by atoms with E-state index in [0.717, 1.165) is 42.8 Å². The smallest absolute Gasteiger partial charge is 0.219 e. The molecule has 0 radical (unpaired) electrons. The zero-order valence-electron chi connectivity index (χ0n) is 12.7. The van der Waals surface area contributed by atoms with Crippen molar-refractivity contribution in [1.29, 1.82) is 0 Å². The first-order valence-corrected chi connectivity index (χ1v) is 9.14. The summed E-state index contributed by atoms with van der Waals surface area (Å²) in [6, 6.07) is 4.63. The highest BCUT2D eigenvalue weighted by atomic mass is 79.9. The number of rotatable bonds is 4. The van der Waals surface area contributed by atoms with Crippen LogP contribution in [0.1, 0.15) is 37.6 Å². The van der Waals surface area contributed by atoms with Crippen molar-refractivity contribution in [3.05, 3.63) is 20.8 Å². The van der Waals surface area contributed by atoms with Crippen LogP contribution in [0.5, 0.6) is 0 Å². The van der Waals surface area contributed by atoms with Gasteiger partial charge in [0, 0.05) is 44.0 Å². The van der Waals surface area contributed by atoms with Gasteiger partial charge >= 0.3 is 0 Å². The van der Waals surface area contributed by atoms with E-state index in [0.29, 0.717) is 0 Å². The minimum absolute atomic E-state index is 0.124. The highest BCUT2D eigenvalue weighted by molar-refractivity contribution is 9.11. The third-order valence-corrected chi connectivity index (χ3v) is 5.83. The van der Waals surface area contributed by atoms with Crippen LogP contribution in [-0.2, 0) is 4.79 Å². The predicted octanol–water partition coefficient (Wildman–Crippen LogP) is 2.84. The summed E-state index contributed by atoms with van der Waals surface area (Å²) >= 11 is 5.31. The number of halogens is 1. The molecular weight excluding hydrogens is 350 g/mol. The second-order valence-corrected chi connectivity index (χ2v) is 8.05. The van der Waals surface area contributed by atoms with Gasteiger partial charge < -0.3 is 10.6 Å². The van der Waals surface area contributed by atoms with Gasteiger partial charge in [0.05, 0.1) is 9.83 Å². The Labute approximate surface area is 139 Å². The van der Waals surface area contributed by atoms with E-state index in [-0.39, 0.29) is 18.0 Å². The van der Waals surface area contributed by atoms with Crippen molar-refractivity contribution in [2.24, 2.45) is 5.73 Å². The van der Waals surface area contributed by atoms with Gasteiger partial charge in [-0.05, 0) is 40.9 Å². The summed E-state index contributed by atoms with van der Waals surface area (Å²) in [5.41, 5.74) is 6.40. The highest BCUT2D eigenvalue weighted by Gasteiger charge is 2.29. The molecule has 0 aromatic carbocycles. The molecule has 1 aliphatic rings. The molecule has 1 aromatic heterocycles. The summed E-state index contributed by atoms with van der Waals surface area (Å²) < 4.78 is 1.14. The van der Waals surface area contributed by atoms with E-state index in [1.165, 1.54) is 4.88 Å². The van der Waals surface area contributed by atoms with Gasteiger partial charge in [-0.15, -0.1) is 11.3 Å². The zero-order chi connectivity index (χ0) is 15.4. The first-order valence-electron chi connectivity index (χ1n) is 7.53. The van der Waals surface area contributed by atoms with Crippen molar-refractivity contribution in [1.82, 2.24) is 9.80 Å². The molecule has 21 heavy (non-hydrogen) atoms. The predicted molar refractivity (Wildman–Crippen MR) is 91.5 cm³/mol. The maximum absolute atomic E-state index is 11.6. The van der Waals surface area contributed by atoms with Crippen LogP contribution in [0.2, 0.25) is 0 Å². The number of hydrogen-bond donors (Lipinski definition) is 1. The molecule has 1 aromatic rings. The number of carbonyl (C=O) groups excluding carboxylic acids is 1. The summed E-state index contributed by atoms with van der Waals surface area (Å²) in [6.45, 7) is 7.34. The molecule has 1 saturated heterocycles. The van der Waals surface area contributed by atoms with Crippen molar-refractivity contribution < 1.29 is 4.79 Å². The van der Waals surface area contributed by atoms with Crippen LogP contribution in [-0.4, -0.2) is 47.9 Å². The van der Waals surface area contributed by atoms with Crippen LogP contribution in [0.3, 0.4) is 0 Å². The number of thiophene rings is 1. The molecule has 0 aliphatic carbocycles. The van der Waals surface area contributed by atoms with Crippen LogP contribution in [0.4, 0.5) is 0 Å². The molecule has 1 amide bonds. The Hall–Kier alpha value is -0.430. The number of amides is 1. The summed E-state index contributed by atoms with van der Waals surface area (Å²) in [6.07, 6.45) is 1.96. The van der Waals surface area contributed by atoms with Crippen molar-refractivity contribution in [3.8, 4) is 0 Å². The van der Waals surface area contributed by atoms with Gasteiger partial charge in [0.2, 0.25) is 5.91 Å². The fourth-order valence-corrected chi connectivity index (χ4v) is 4.54. The van der Waals surface area contributed by atoms with E-state index >= 15 is 0 Å². The number of carbonyl (C=O) groups is 1. The molecule has 2 heterocycles. The maximum atomic E-state index is 11.6. The van der Waals surface area contributed by atoms with E-state index in [2.05, 4.69) is 39.9 Å². The van der Waals surface area contributed by atoms with Crippen LogP contribution in [0.15, 0.2) is 15.9 Å². The Bertz CT molecular complexity index is 479.